The lowest BCUT2D eigenvalue weighted by molar-refractivity contribution is -0.122. The van der Waals surface area contributed by atoms with Gasteiger partial charge in [0.25, 0.3) is 0 Å². The van der Waals surface area contributed by atoms with Gasteiger partial charge in [0.15, 0.2) is 0 Å². The van der Waals surface area contributed by atoms with Gasteiger partial charge in [-0.2, -0.15) is 0 Å². The third-order valence-corrected chi connectivity index (χ3v) is 5.93. The van der Waals surface area contributed by atoms with Crippen LogP contribution in [0.2, 0.25) is 0 Å². The van der Waals surface area contributed by atoms with Gasteiger partial charge in [-0.3, -0.25) is 4.79 Å². The molecule has 7 heteroatoms. The Morgan fingerprint density at radius 2 is 1.90 bits per heavy atom. The van der Waals surface area contributed by atoms with Crippen molar-refractivity contribution in [2.24, 2.45) is 0 Å². The van der Waals surface area contributed by atoms with Crippen molar-refractivity contribution < 1.29 is 19.1 Å². The quantitative estimate of drug-likeness (QED) is 0.864. The smallest absolute Gasteiger partial charge is 0.317 e. The summed E-state index contributed by atoms with van der Waals surface area (Å²) in [6, 6.07) is 13.1. The fourth-order valence-electron chi connectivity index (χ4n) is 4.31. The molecule has 0 unspecified atom stereocenters. The van der Waals surface area contributed by atoms with Crippen LogP contribution < -0.4 is 19.7 Å². The summed E-state index contributed by atoms with van der Waals surface area (Å²) >= 11 is 0. The number of likely N-dealkylation sites (tertiary alicyclic amines) is 1. The van der Waals surface area contributed by atoms with E-state index in [2.05, 4.69) is 5.32 Å². The Kier molecular flexibility index (Phi) is 4.82. The van der Waals surface area contributed by atoms with Crippen LogP contribution in [-0.2, 0) is 16.8 Å². The molecule has 1 spiro atoms. The molecule has 0 bridgehead atoms. The van der Waals surface area contributed by atoms with Gasteiger partial charge in [0.2, 0.25) is 5.91 Å². The summed E-state index contributed by atoms with van der Waals surface area (Å²) in [4.78, 5) is 29.3. The van der Waals surface area contributed by atoms with Gasteiger partial charge in [-0.15, -0.1) is 0 Å². The molecule has 2 aromatic rings. The molecule has 2 heterocycles. The first-order valence-corrected chi connectivity index (χ1v) is 9.61. The van der Waals surface area contributed by atoms with E-state index in [-0.39, 0.29) is 11.9 Å². The number of nitrogens with zero attached hydrogens (tertiary/aromatic N) is 2. The van der Waals surface area contributed by atoms with Crippen LogP contribution in [0.5, 0.6) is 11.5 Å². The van der Waals surface area contributed by atoms with E-state index in [1.165, 1.54) is 0 Å². The Hall–Kier alpha value is -3.22. The summed E-state index contributed by atoms with van der Waals surface area (Å²) < 4.78 is 10.6. The van der Waals surface area contributed by atoms with E-state index in [1.807, 2.05) is 42.5 Å². The van der Waals surface area contributed by atoms with E-state index < -0.39 is 5.41 Å². The van der Waals surface area contributed by atoms with E-state index in [0.717, 1.165) is 22.6 Å². The van der Waals surface area contributed by atoms with Gasteiger partial charge < -0.3 is 24.6 Å². The predicted octanol–water partition coefficient (Wildman–Crippen LogP) is 2.53. The molecule has 0 aliphatic carbocycles. The Balaban J connectivity index is 1.50. The average molecular weight is 395 g/mol. The first kappa shape index (κ1) is 19.1. The van der Waals surface area contributed by atoms with Crippen LogP contribution in [0.1, 0.15) is 17.5 Å². The fraction of sp³-hybridized carbons (Fsp3) is 0.364. The van der Waals surface area contributed by atoms with E-state index in [4.69, 9.17) is 9.47 Å². The van der Waals surface area contributed by atoms with Crippen molar-refractivity contribution in [2.45, 2.75) is 18.4 Å². The van der Waals surface area contributed by atoms with Crippen molar-refractivity contribution in [2.75, 3.05) is 39.3 Å². The molecular formula is C22H25N3O4. The third kappa shape index (κ3) is 3.16. The standard InChI is InChI=1S/C22H25N3O4/c1-24-19-8-7-17(29-3)12-18(19)22(20(24)26)9-10-25(14-22)21(27)23-13-15-5-4-6-16(11-15)28-2/h4-8,11-12H,9-10,13-14H2,1-3H3,(H,23,27)/t22-/m1/s1. The van der Waals surface area contributed by atoms with Crippen molar-refractivity contribution >= 4 is 17.6 Å². The molecule has 4 rings (SSSR count). The van der Waals surface area contributed by atoms with Gasteiger partial charge >= 0.3 is 6.03 Å². The zero-order valence-electron chi connectivity index (χ0n) is 16.9. The Bertz CT molecular complexity index is 961. The first-order chi connectivity index (χ1) is 14.0. The first-order valence-electron chi connectivity index (χ1n) is 9.61. The third-order valence-electron chi connectivity index (χ3n) is 5.93. The van der Waals surface area contributed by atoms with E-state index >= 15 is 0 Å². The van der Waals surface area contributed by atoms with Crippen LogP contribution in [0.25, 0.3) is 0 Å². The van der Waals surface area contributed by atoms with Crippen molar-refractivity contribution in [1.82, 2.24) is 10.2 Å². The summed E-state index contributed by atoms with van der Waals surface area (Å²) in [5.74, 6) is 1.50. The number of fused-ring (bicyclic) bond motifs is 2. The second-order valence-corrected chi connectivity index (χ2v) is 7.51. The number of nitrogens with one attached hydrogen (secondary N) is 1. The minimum absolute atomic E-state index is 0.0313. The SMILES string of the molecule is COc1cccc(CNC(=O)N2CC[C@]3(C2)C(=O)N(C)c2ccc(OC)cc23)c1. The molecule has 1 saturated heterocycles. The maximum atomic E-state index is 13.1. The molecule has 2 aliphatic rings. The Morgan fingerprint density at radius 3 is 2.66 bits per heavy atom. The van der Waals surface area contributed by atoms with E-state index in [0.29, 0.717) is 31.8 Å². The second-order valence-electron chi connectivity index (χ2n) is 7.51. The monoisotopic (exact) mass is 395 g/mol. The molecule has 29 heavy (non-hydrogen) atoms. The largest absolute Gasteiger partial charge is 0.497 e. The maximum Gasteiger partial charge on any atom is 0.317 e. The van der Waals surface area contributed by atoms with Crippen LogP contribution in [0.4, 0.5) is 10.5 Å². The summed E-state index contributed by atoms with van der Waals surface area (Å²) in [5.41, 5.74) is 2.08. The lowest BCUT2D eigenvalue weighted by Crippen LogP contribution is -2.44. The summed E-state index contributed by atoms with van der Waals surface area (Å²) in [5, 5.41) is 2.95. The number of benzene rings is 2. The predicted molar refractivity (Wildman–Crippen MR) is 110 cm³/mol. The zero-order valence-corrected chi connectivity index (χ0v) is 16.9. The Morgan fingerprint density at radius 1 is 1.14 bits per heavy atom. The number of carbonyl (C=O) groups excluding carboxylic acids is 2. The minimum atomic E-state index is -0.702. The molecular weight excluding hydrogens is 370 g/mol. The van der Waals surface area contributed by atoms with Gasteiger partial charge in [-0.05, 0) is 47.9 Å². The number of urea groups is 1. The molecule has 0 saturated carbocycles. The highest BCUT2D eigenvalue weighted by Gasteiger charge is 2.54. The van der Waals surface area contributed by atoms with E-state index in [1.54, 1.807) is 31.1 Å². The van der Waals surface area contributed by atoms with Gasteiger partial charge in [0.1, 0.15) is 11.5 Å². The summed E-state index contributed by atoms with van der Waals surface area (Å²) in [6.45, 7) is 1.29. The van der Waals surface area contributed by atoms with Crippen LogP contribution in [0, 0.1) is 0 Å². The normalized spacial score (nSPS) is 20.2. The molecule has 1 N–H and O–H groups in total. The number of anilines is 1. The van der Waals surface area contributed by atoms with Crippen molar-refractivity contribution in [3.63, 3.8) is 0 Å². The van der Waals surface area contributed by atoms with Crippen molar-refractivity contribution in [1.29, 1.82) is 0 Å². The number of likely N-dealkylation sites (N-methyl/N-ethyl adjacent to an activating group) is 1. The van der Waals surface area contributed by atoms with Crippen LogP contribution in [0.3, 0.4) is 0 Å². The van der Waals surface area contributed by atoms with E-state index in [9.17, 15) is 9.59 Å². The molecule has 3 amide bonds. The molecule has 7 nitrogen and oxygen atoms in total. The van der Waals surface area contributed by atoms with Gasteiger partial charge in [-0.1, -0.05) is 12.1 Å². The fourth-order valence-corrected chi connectivity index (χ4v) is 4.31. The molecule has 152 valence electrons. The van der Waals surface area contributed by atoms with Crippen molar-refractivity contribution in [3.05, 3.63) is 53.6 Å². The van der Waals surface area contributed by atoms with Crippen LogP contribution in [-0.4, -0.2) is 51.2 Å². The van der Waals surface area contributed by atoms with Gasteiger partial charge in [-0.25, -0.2) is 4.79 Å². The van der Waals surface area contributed by atoms with Crippen molar-refractivity contribution in [3.8, 4) is 11.5 Å². The van der Waals surface area contributed by atoms with Crippen LogP contribution >= 0.6 is 0 Å². The number of amides is 3. The molecule has 2 aliphatic heterocycles. The minimum Gasteiger partial charge on any atom is -0.497 e. The topological polar surface area (TPSA) is 71.1 Å². The van der Waals surface area contributed by atoms with Gasteiger partial charge in [0.05, 0.1) is 19.6 Å². The zero-order chi connectivity index (χ0) is 20.6. The molecule has 0 aromatic heterocycles. The maximum absolute atomic E-state index is 13.1. The molecule has 0 radical (unpaired) electrons. The molecule has 1 atom stereocenters. The number of rotatable bonds is 4. The number of ether oxygens (including phenoxy) is 2. The summed E-state index contributed by atoms with van der Waals surface area (Å²) in [6.07, 6.45) is 0.600. The lowest BCUT2D eigenvalue weighted by atomic mass is 9.81. The van der Waals surface area contributed by atoms with Gasteiger partial charge in [0, 0.05) is 32.4 Å². The molecule has 1 fully saturated rings. The highest BCUT2D eigenvalue weighted by molar-refractivity contribution is 6.08. The lowest BCUT2D eigenvalue weighted by Gasteiger charge is -2.24. The average Bonchev–Trinajstić information content (AvgIpc) is 3.29. The Labute approximate surface area is 170 Å². The number of carbonyl (C=O) groups is 2. The highest BCUT2D eigenvalue weighted by Crippen LogP contribution is 2.47. The highest BCUT2D eigenvalue weighted by atomic mass is 16.5. The van der Waals surface area contributed by atoms with Crippen LogP contribution in [0.15, 0.2) is 42.5 Å². The molecule has 2 aromatic carbocycles. The number of methoxy groups -OCH3 is 2. The number of hydrogen-bond donors (Lipinski definition) is 1. The second kappa shape index (κ2) is 7.31. The summed E-state index contributed by atoms with van der Waals surface area (Å²) in [7, 11) is 5.01. The number of hydrogen-bond acceptors (Lipinski definition) is 4.